The second-order valence-electron chi connectivity index (χ2n) is 2.25. The molecule has 4 amide bonds. The molecule has 0 aliphatic heterocycles. The first kappa shape index (κ1) is 14.1. The van der Waals surface area contributed by atoms with Crippen LogP contribution in [0.4, 0.5) is 9.59 Å². The molecule has 16 heavy (non-hydrogen) atoms. The fourth-order valence-electron chi connectivity index (χ4n) is 0.531. The molecule has 0 atom stereocenters. The molecule has 0 unspecified atom stereocenters. The van der Waals surface area contributed by atoms with Crippen molar-refractivity contribution < 1.29 is 22.8 Å². The largest absolute Gasteiger partial charge is 0.402 e. The average Bonchev–Trinajstić information content (AvgIpc) is 2.22. The highest BCUT2D eigenvalue weighted by atomic mass is 32.2. The van der Waals surface area contributed by atoms with Gasteiger partial charge in [0.1, 0.15) is 0 Å². The Hall–Kier alpha value is -1.88. The second-order valence-corrected chi connectivity index (χ2v) is 2.86. The Morgan fingerprint density at radius 1 is 1.50 bits per heavy atom. The molecular formula is C5H9N5O5S. The summed E-state index contributed by atoms with van der Waals surface area (Å²) in [4.78, 5) is 26.3. The molecule has 0 aromatic carbocycles. The van der Waals surface area contributed by atoms with Gasteiger partial charge in [0.25, 0.3) is 0 Å². The lowest BCUT2D eigenvalue weighted by Crippen LogP contribution is -2.43. The third kappa shape index (κ3) is 5.77. The summed E-state index contributed by atoms with van der Waals surface area (Å²) in [5.74, 6) is 0. The summed E-state index contributed by atoms with van der Waals surface area (Å²) < 4.78 is 22.8. The Kier molecular flexibility index (Phi) is 6.55. The predicted molar refractivity (Wildman–Crippen MR) is 48.5 cm³/mol. The van der Waals surface area contributed by atoms with Gasteiger partial charge in [0.15, 0.2) is 0 Å². The van der Waals surface area contributed by atoms with Gasteiger partial charge in [-0.3, -0.25) is 0 Å². The third-order valence-electron chi connectivity index (χ3n) is 1.05. The Labute approximate surface area is 91.7 Å². The van der Waals surface area contributed by atoms with Crippen LogP contribution in [0.3, 0.4) is 0 Å². The smallest absolute Gasteiger partial charge is 0.249 e. The molecule has 0 fully saturated rings. The quantitative estimate of drug-likeness (QED) is 0.553. The first-order valence-corrected chi connectivity index (χ1v) is 5.00. The molecule has 0 bridgehead atoms. The number of carbonyl (C=O) groups excluding carboxylic acids is 2. The average molecular weight is 251 g/mol. The first-order valence-electron chi connectivity index (χ1n) is 3.97. The number of nitrogens with zero attached hydrogens (tertiary/aromatic N) is 3. The summed E-state index contributed by atoms with van der Waals surface area (Å²) in [6.45, 7) is 1.77. The molecular weight excluding hydrogens is 242 g/mol. The normalized spacial score (nSPS) is 9.06. The van der Waals surface area contributed by atoms with Gasteiger partial charge in [0, 0.05) is 0 Å². The van der Waals surface area contributed by atoms with Gasteiger partial charge in [0.2, 0.25) is 0 Å². The van der Waals surface area contributed by atoms with Crippen LogP contribution in [0, 0.1) is 5.53 Å². The molecule has 0 aliphatic carbocycles. The van der Waals surface area contributed by atoms with Gasteiger partial charge in [-0.2, -0.15) is 13.9 Å². The highest BCUT2D eigenvalue weighted by Gasteiger charge is 2.16. The second kappa shape index (κ2) is 7.42. The molecule has 90 valence electrons. The first-order chi connectivity index (χ1) is 7.51. The maximum absolute atomic E-state index is 11.0. The van der Waals surface area contributed by atoms with Crippen LogP contribution in [0.5, 0.6) is 0 Å². The van der Waals surface area contributed by atoms with E-state index in [1.165, 1.54) is 0 Å². The van der Waals surface area contributed by atoms with Crippen molar-refractivity contribution >= 4 is 22.6 Å². The molecule has 11 heteroatoms. The molecule has 0 saturated heterocycles. The monoisotopic (exact) mass is 251 g/mol. The van der Waals surface area contributed by atoms with Crippen molar-refractivity contribution in [1.82, 2.24) is 10.6 Å². The highest BCUT2D eigenvalue weighted by Crippen LogP contribution is 1.93. The lowest BCUT2D eigenvalue weighted by Gasteiger charge is -2.16. The number of amides is 4. The summed E-state index contributed by atoms with van der Waals surface area (Å²) in [5, 5.41) is 2.62. The topological polar surface area (TPSA) is 141 Å². The zero-order valence-electron chi connectivity index (χ0n) is 8.21. The Morgan fingerprint density at radius 2 is 2.12 bits per heavy atom. The van der Waals surface area contributed by atoms with E-state index in [1.54, 1.807) is 12.3 Å². The number of rotatable bonds is 3. The lowest BCUT2D eigenvalue weighted by molar-refractivity contribution is -0.138. The maximum Gasteiger partial charge on any atom is 0.402 e. The standard InChI is InChI=1S/C5H9N5O5S/c1-2-3-15-10(8-4(11)7-6)5(12)9-16(13)14/h6H,2-3H2,1H3,(H,8,11). The SMILES string of the molecule is CCCON(NC(=O)N=N)C(=O)N=S(=O)=O. The molecule has 10 nitrogen and oxygen atoms in total. The van der Waals surface area contributed by atoms with Crippen molar-refractivity contribution in [2.45, 2.75) is 13.3 Å². The Morgan fingerprint density at radius 3 is 2.56 bits per heavy atom. The molecule has 0 heterocycles. The van der Waals surface area contributed by atoms with Gasteiger partial charge >= 0.3 is 22.6 Å². The van der Waals surface area contributed by atoms with Crippen LogP contribution in [0.15, 0.2) is 9.48 Å². The fourth-order valence-corrected chi connectivity index (χ4v) is 0.732. The van der Waals surface area contributed by atoms with Gasteiger partial charge < -0.3 is 0 Å². The minimum absolute atomic E-state index is 0.0467. The summed E-state index contributed by atoms with van der Waals surface area (Å²) in [6, 6.07) is -2.55. The lowest BCUT2D eigenvalue weighted by atomic mass is 10.5. The van der Waals surface area contributed by atoms with Crippen LogP contribution in [-0.2, 0) is 15.3 Å². The van der Waals surface area contributed by atoms with E-state index in [2.05, 4.69) is 14.3 Å². The molecule has 2 N–H and O–H groups in total. The van der Waals surface area contributed by atoms with Crippen molar-refractivity contribution in [1.29, 1.82) is 5.53 Å². The molecule has 0 saturated carbocycles. The van der Waals surface area contributed by atoms with E-state index in [0.29, 0.717) is 6.42 Å². The van der Waals surface area contributed by atoms with Crippen LogP contribution < -0.4 is 5.43 Å². The van der Waals surface area contributed by atoms with E-state index < -0.39 is 22.6 Å². The van der Waals surface area contributed by atoms with E-state index in [9.17, 15) is 18.0 Å². The number of hydrogen-bond donors (Lipinski definition) is 2. The summed E-state index contributed by atoms with van der Waals surface area (Å²) in [7, 11) is -2.96. The number of urea groups is 2. The number of hydroxylamine groups is 1. The summed E-state index contributed by atoms with van der Waals surface area (Å²) in [5.41, 5.74) is 8.04. The van der Waals surface area contributed by atoms with Crippen LogP contribution in [0.25, 0.3) is 0 Å². The van der Waals surface area contributed by atoms with Crippen LogP contribution in [0.2, 0.25) is 0 Å². The minimum atomic E-state index is -2.96. The van der Waals surface area contributed by atoms with E-state index in [4.69, 9.17) is 5.53 Å². The minimum Gasteiger partial charge on any atom is -0.249 e. The highest BCUT2D eigenvalue weighted by molar-refractivity contribution is 7.62. The number of hydrogen-bond acceptors (Lipinski definition) is 6. The van der Waals surface area contributed by atoms with Gasteiger partial charge in [-0.25, -0.2) is 19.9 Å². The van der Waals surface area contributed by atoms with Crippen LogP contribution in [0.1, 0.15) is 13.3 Å². The van der Waals surface area contributed by atoms with Gasteiger partial charge in [-0.1, -0.05) is 21.6 Å². The number of nitrogens with one attached hydrogen (secondary N) is 2. The zero-order valence-corrected chi connectivity index (χ0v) is 9.02. The number of carbonyl (C=O) groups is 2. The predicted octanol–water partition coefficient (Wildman–Crippen LogP) is 0.468. The molecule has 0 aromatic rings. The van der Waals surface area contributed by atoms with Crippen molar-refractivity contribution in [3.05, 3.63) is 0 Å². The molecule has 0 aromatic heterocycles. The maximum atomic E-state index is 11.0. The number of hydrazine groups is 1. The van der Waals surface area contributed by atoms with Gasteiger partial charge in [0.05, 0.1) is 6.61 Å². The Balaban J connectivity index is 4.65. The van der Waals surface area contributed by atoms with E-state index >= 15 is 0 Å². The molecule has 0 aliphatic rings. The van der Waals surface area contributed by atoms with Crippen molar-refractivity contribution in [3.63, 3.8) is 0 Å². The summed E-state index contributed by atoms with van der Waals surface area (Å²) in [6.07, 6.45) is 0.512. The third-order valence-corrected chi connectivity index (χ3v) is 1.35. The van der Waals surface area contributed by atoms with E-state index in [-0.39, 0.29) is 11.8 Å². The van der Waals surface area contributed by atoms with Gasteiger partial charge in [-0.15, -0.1) is 0 Å². The van der Waals surface area contributed by atoms with Crippen molar-refractivity contribution in [2.24, 2.45) is 9.48 Å². The zero-order chi connectivity index (χ0) is 12.6. The summed E-state index contributed by atoms with van der Waals surface area (Å²) >= 11 is 0. The molecule has 0 radical (unpaired) electrons. The van der Waals surface area contributed by atoms with Crippen LogP contribution in [-0.4, -0.2) is 32.3 Å². The van der Waals surface area contributed by atoms with Crippen molar-refractivity contribution in [2.75, 3.05) is 6.61 Å². The fraction of sp³-hybridized carbons (Fsp3) is 0.600. The molecule has 0 rings (SSSR count). The Bertz CT molecular complexity index is 395. The van der Waals surface area contributed by atoms with Gasteiger partial charge in [-0.05, 0) is 6.42 Å². The van der Waals surface area contributed by atoms with E-state index in [0.717, 1.165) is 0 Å². The molecule has 0 spiro atoms. The van der Waals surface area contributed by atoms with Crippen molar-refractivity contribution in [3.8, 4) is 0 Å². The van der Waals surface area contributed by atoms with Crippen LogP contribution >= 0.6 is 0 Å². The van der Waals surface area contributed by atoms with E-state index in [1.807, 2.05) is 0 Å².